The van der Waals surface area contributed by atoms with Gasteiger partial charge in [0.25, 0.3) is 5.91 Å². The standard InChI is InChI=1S/C18H18BrN5O/c19-15-4-1-3-14(13-15)18(25)23-10-2-9-22(11-12-23)17-6-7-20-16-5-8-21-24(16)17/h1,3-8,13H,2,9-12H2. The first kappa shape index (κ1) is 16.1. The summed E-state index contributed by atoms with van der Waals surface area (Å²) in [5.41, 5.74) is 1.56. The topological polar surface area (TPSA) is 53.7 Å². The predicted octanol–water partition coefficient (Wildman–Crippen LogP) is 2.84. The SMILES string of the molecule is O=C(c1cccc(Br)c1)N1CCCN(c2ccnc3ccnn23)CC1. The van der Waals surface area contributed by atoms with Crippen molar-refractivity contribution >= 4 is 33.3 Å². The number of fused-ring (bicyclic) bond motifs is 1. The Morgan fingerprint density at radius 2 is 1.96 bits per heavy atom. The van der Waals surface area contributed by atoms with Gasteiger partial charge in [0.1, 0.15) is 5.82 Å². The highest BCUT2D eigenvalue weighted by Gasteiger charge is 2.21. The highest BCUT2D eigenvalue weighted by atomic mass is 79.9. The van der Waals surface area contributed by atoms with Crippen LogP contribution in [-0.4, -0.2) is 51.6 Å². The van der Waals surface area contributed by atoms with E-state index < -0.39 is 0 Å². The van der Waals surface area contributed by atoms with Crippen molar-refractivity contribution in [1.29, 1.82) is 0 Å². The second-order valence-electron chi connectivity index (χ2n) is 6.05. The monoisotopic (exact) mass is 399 g/mol. The van der Waals surface area contributed by atoms with E-state index in [9.17, 15) is 4.79 Å². The van der Waals surface area contributed by atoms with Crippen molar-refractivity contribution in [2.24, 2.45) is 0 Å². The fourth-order valence-corrected chi connectivity index (χ4v) is 3.61. The van der Waals surface area contributed by atoms with Gasteiger partial charge >= 0.3 is 0 Å². The van der Waals surface area contributed by atoms with E-state index in [0.29, 0.717) is 6.54 Å². The molecule has 1 aliphatic rings. The average molecular weight is 400 g/mol. The number of amides is 1. The van der Waals surface area contributed by atoms with Crippen LogP contribution in [0, 0.1) is 0 Å². The van der Waals surface area contributed by atoms with Crippen molar-refractivity contribution in [3.8, 4) is 0 Å². The Hall–Kier alpha value is -2.41. The van der Waals surface area contributed by atoms with E-state index in [2.05, 4.69) is 30.9 Å². The number of anilines is 1. The van der Waals surface area contributed by atoms with E-state index in [1.807, 2.05) is 52.0 Å². The van der Waals surface area contributed by atoms with Gasteiger partial charge in [0.2, 0.25) is 0 Å². The fourth-order valence-electron chi connectivity index (χ4n) is 3.21. The van der Waals surface area contributed by atoms with E-state index >= 15 is 0 Å². The minimum absolute atomic E-state index is 0.0853. The lowest BCUT2D eigenvalue weighted by Crippen LogP contribution is -2.35. The predicted molar refractivity (Wildman–Crippen MR) is 99.9 cm³/mol. The number of rotatable bonds is 2. The van der Waals surface area contributed by atoms with Crippen LogP contribution in [0.15, 0.2) is 53.3 Å². The molecule has 7 heteroatoms. The van der Waals surface area contributed by atoms with Gasteiger partial charge in [-0.2, -0.15) is 9.61 Å². The summed E-state index contributed by atoms with van der Waals surface area (Å²) >= 11 is 3.43. The molecule has 128 valence electrons. The third-order valence-corrected chi connectivity index (χ3v) is 4.94. The molecule has 1 fully saturated rings. The Morgan fingerprint density at radius 3 is 2.84 bits per heavy atom. The molecule has 6 nitrogen and oxygen atoms in total. The third-order valence-electron chi connectivity index (χ3n) is 4.45. The van der Waals surface area contributed by atoms with Crippen LogP contribution in [0.1, 0.15) is 16.8 Å². The number of carbonyl (C=O) groups excluding carboxylic acids is 1. The molecule has 3 heterocycles. The number of nitrogens with zero attached hydrogens (tertiary/aromatic N) is 5. The molecule has 1 aliphatic heterocycles. The maximum absolute atomic E-state index is 12.8. The molecule has 1 aromatic carbocycles. The summed E-state index contributed by atoms with van der Waals surface area (Å²) in [5, 5.41) is 4.36. The Kier molecular flexibility index (Phi) is 4.40. The third kappa shape index (κ3) is 3.24. The van der Waals surface area contributed by atoms with Crippen molar-refractivity contribution in [3.63, 3.8) is 0 Å². The zero-order valence-electron chi connectivity index (χ0n) is 13.7. The summed E-state index contributed by atoms with van der Waals surface area (Å²) in [6, 6.07) is 11.4. The zero-order chi connectivity index (χ0) is 17.2. The first-order valence-electron chi connectivity index (χ1n) is 8.31. The molecule has 0 bridgehead atoms. The number of aromatic nitrogens is 3. The van der Waals surface area contributed by atoms with Crippen molar-refractivity contribution < 1.29 is 4.79 Å². The number of hydrogen-bond donors (Lipinski definition) is 0. The molecule has 0 spiro atoms. The van der Waals surface area contributed by atoms with Crippen molar-refractivity contribution in [2.45, 2.75) is 6.42 Å². The summed E-state index contributed by atoms with van der Waals surface area (Å²) in [6.07, 6.45) is 4.49. The largest absolute Gasteiger partial charge is 0.355 e. The van der Waals surface area contributed by atoms with Crippen LogP contribution in [0.5, 0.6) is 0 Å². The van der Waals surface area contributed by atoms with Crippen LogP contribution in [-0.2, 0) is 0 Å². The lowest BCUT2D eigenvalue weighted by molar-refractivity contribution is 0.0767. The summed E-state index contributed by atoms with van der Waals surface area (Å²) in [7, 11) is 0. The number of halogens is 1. The number of hydrogen-bond acceptors (Lipinski definition) is 4. The van der Waals surface area contributed by atoms with Crippen molar-refractivity contribution in [3.05, 3.63) is 58.8 Å². The van der Waals surface area contributed by atoms with Crippen molar-refractivity contribution in [2.75, 3.05) is 31.1 Å². The number of carbonyl (C=O) groups is 1. The molecule has 1 amide bonds. The van der Waals surface area contributed by atoms with Crippen molar-refractivity contribution in [1.82, 2.24) is 19.5 Å². The highest BCUT2D eigenvalue weighted by Crippen LogP contribution is 2.19. The molecular weight excluding hydrogens is 382 g/mol. The summed E-state index contributed by atoms with van der Waals surface area (Å²) < 4.78 is 2.78. The van der Waals surface area contributed by atoms with Gasteiger partial charge in [-0.05, 0) is 30.7 Å². The molecule has 0 radical (unpaired) electrons. The molecular formula is C18H18BrN5O. The normalized spacial score (nSPS) is 15.4. The Balaban J connectivity index is 1.52. The number of benzene rings is 1. The first-order valence-corrected chi connectivity index (χ1v) is 9.10. The van der Waals surface area contributed by atoms with Crippen LogP contribution >= 0.6 is 15.9 Å². The summed E-state index contributed by atoms with van der Waals surface area (Å²) in [4.78, 5) is 21.3. The smallest absolute Gasteiger partial charge is 0.253 e. The first-order chi connectivity index (χ1) is 12.2. The van der Waals surface area contributed by atoms with Gasteiger partial charge in [-0.3, -0.25) is 4.79 Å². The van der Waals surface area contributed by atoms with E-state index in [1.165, 1.54) is 0 Å². The zero-order valence-corrected chi connectivity index (χ0v) is 15.3. The molecule has 0 unspecified atom stereocenters. The van der Waals surface area contributed by atoms with Crippen LogP contribution in [0.2, 0.25) is 0 Å². The van der Waals surface area contributed by atoms with E-state index in [1.54, 1.807) is 6.20 Å². The van der Waals surface area contributed by atoms with E-state index in [0.717, 1.165) is 47.6 Å². The van der Waals surface area contributed by atoms with Crippen LogP contribution in [0.25, 0.3) is 5.65 Å². The molecule has 4 rings (SSSR count). The highest BCUT2D eigenvalue weighted by molar-refractivity contribution is 9.10. The Labute approximate surface area is 154 Å². The minimum atomic E-state index is 0.0853. The molecule has 0 atom stereocenters. The summed E-state index contributed by atoms with van der Waals surface area (Å²) in [5.74, 6) is 1.11. The Morgan fingerprint density at radius 1 is 1.04 bits per heavy atom. The van der Waals surface area contributed by atoms with E-state index in [-0.39, 0.29) is 5.91 Å². The second kappa shape index (κ2) is 6.84. The molecule has 25 heavy (non-hydrogen) atoms. The molecule has 3 aromatic rings. The molecule has 0 N–H and O–H groups in total. The Bertz CT molecular complexity index is 909. The molecule has 0 saturated carbocycles. The van der Waals surface area contributed by atoms with Gasteiger partial charge < -0.3 is 9.80 Å². The van der Waals surface area contributed by atoms with Gasteiger partial charge in [-0.15, -0.1) is 0 Å². The molecule has 0 aliphatic carbocycles. The van der Waals surface area contributed by atoms with Gasteiger partial charge in [0, 0.05) is 48.5 Å². The van der Waals surface area contributed by atoms with Gasteiger partial charge in [0.15, 0.2) is 5.65 Å². The summed E-state index contributed by atoms with van der Waals surface area (Å²) in [6.45, 7) is 3.12. The lowest BCUT2D eigenvalue weighted by atomic mass is 10.2. The lowest BCUT2D eigenvalue weighted by Gasteiger charge is -2.24. The maximum Gasteiger partial charge on any atom is 0.253 e. The minimum Gasteiger partial charge on any atom is -0.355 e. The van der Waals surface area contributed by atoms with Gasteiger partial charge in [-0.25, -0.2) is 4.98 Å². The maximum atomic E-state index is 12.8. The van der Waals surface area contributed by atoms with Gasteiger partial charge in [0.05, 0.1) is 6.20 Å². The molecule has 2 aromatic heterocycles. The van der Waals surface area contributed by atoms with Crippen LogP contribution in [0.4, 0.5) is 5.82 Å². The van der Waals surface area contributed by atoms with Gasteiger partial charge in [-0.1, -0.05) is 22.0 Å². The molecule has 1 saturated heterocycles. The second-order valence-corrected chi connectivity index (χ2v) is 6.96. The quantitative estimate of drug-likeness (QED) is 0.664. The van der Waals surface area contributed by atoms with E-state index in [4.69, 9.17) is 0 Å². The fraction of sp³-hybridized carbons (Fsp3) is 0.278. The average Bonchev–Trinajstić information content (AvgIpc) is 2.98. The van der Waals surface area contributed by atoms with Crippen LogP contribution < -0.4 is 4.90 Å². The van der Waals surface area contributed by atoms with Crippen LogP contribution in [0.3, 0.4) is 0 Å².